The predicted molar refractivity (Wildman–Crippen MR) is 55.5 cm³/mol. The summed E-state index contributed by atoms with van der Waals surface area (Å²) in [5.74, 6) is -2.73. The maximum atomic E-state index is 12.0. The molecule has 0 heterocycles. The molecular formula is C10H9F3O3S. The van der Waals surface area contributed by atoms with E-state index in [-0.39, 0.29) is 10.5 Å². The molecule has 17 heavy (non-hydrogen) atoms. The SMILES string of the molecule is Cc1ccc(S(=O)CC(F)(F)F)cc1C(=O)O. The van der Waals surface area contributed by atoms with E-state index in [9.17, 15) is 22.2 Å². The third-order valence-electron chi connectivity index (χ3n) is 2.00. The third kappa shape index (κ3) is 3.85. The molecule has 0 aliphatic carbocycles. The summed E-state index contributed by atoms with van der Waals surface area (Å²) in [6.07, 6.45) is -4.54. The maximum Gasteiger partial charge on any atom is 0.400 e. The lowest BCUT2D eigenvalue weighted by atomic mass is 10.1. The summed E-state index contributed by atoms with van der Waals surface area (Å²) in [4.78, 5) is 10.6. The van der Waals surface area contributed by atoms with E-state index >= 15 is 0 Å². The van der Waals surface area contributed by atoms with Crippen LogP contribution in [-0.2, 0) is 10.8 Å². The van der Waals surface area contributed by atoms with Crippen molar-refractivity contribution in [1.82, 2.24) is 0 Å². The van der Waals surface area contributed by atoms with Gasteiger partial charge in [-0.05, 0) is 24.6 Å². The van der Waals surface area contributed by atoms with Gasteiger partial charge in [-0.15, -0.1) is 0 Å². The van der Waals surface area contributed by atoms with Crippen LogP contribution in [0.15, 0.2) is 23.1 Å². The van der Waals surface area contributed by atoms with E-state index in [0.29, 0.717) is 5.56 Å². The number of carboxylic acids is 1. The van der Waals surface area contributed by atoms with Gasteiger partial charge < -0.3 is 5.11 Å². The van der Waals surface area contributed by atoms with Gasteiger partial charge in [-0.25, -0.2) is 4.79 Å². The van der Waals surface area contributed by atoms with Crippen LogP contribution in [0.1, 0.15) is 15.9 Å². The van der Waals surface area contributed by atoms with Crippen molar-refractivity contribution >= 4 is 16.8 Å². The van der Waals surface area contributed by atoms with E-state index in [2.05, 4.69) is 0 Å². The first-order valence-corrected chi connectivity index (χ1v) is 5.81. The first-order chi connectivity index (χ1) is 7.70. The number of alkyl halides is 3. The van der Waals surface area contributed by atoms with Gasteiger partial charge >= 0.3 is 12.1 Å². The van der Waals surface area contributed by atoms with E-state index in [1.54, 1.807) is 0 Å². The van der Waals surface area contributed by atoms with E-state index in [4.69, 9.17) is 5.11 Å². The minimum atomic E-state index is -4.54. The third-order valence-corrected chi connectivity index (χ3v) is 3.37. The molecule has 0 aliphatic heterocycles. The number of hydrogen-bond donors (Lipinski definition) is 1. The first-order valence-electron chi connectivity index (χ1n) is 4.50. The van der Waals surface area contributed by atoms with Crippen molar-refractivity contribution < 1.29 is 27.3 Å². The predicted octanol–water partition coefficient (Wildman–Crippen LogP) is 2.36. The number of carboxylic acid groups (broad SMARTS) is 1. The fraction of sp³-hybridized carbons (Fsp3) is 0.300. The van der Waals surface area contributed by atoms with Gasteiger partial charge in [0.25, 0.3) is 0 Å². The fourth-order valence-electron chi connectivity index (χ4n) is 1.21. The molecule has 1 aromatic rings. The highest BCUT2D eigenvalue weighted by Gasteiger charge is 2.31. The summed E-state index contributed by atoms with van der Waals surface area (Å²) < 4.78 is 47.4. The maximum absolute atomic E-state index is 12.0. The van der Waals surface area contributed by atoms with Crippen molar-refractivity contribution in [2.24, 2.45) is 0 Å². The average molecular weight is 266 g/mol. The summed E-state index contributed by atoms with van der Waals surface area (Å²) in [6, 6.07) is 3.59. The zero-order chi connectivity index (χ0) is 13.2. The first kappa shape index (κ1) is 13.7. The Labute approximate surface area is 97.7 Å². The Balaban J connectivity index is 3.04. The van der Waals surface area contributed by atoms with Gasteiger partial charge in [-0.1, -0.05) is 6.07 Å². The monoisotopic (exact) mass is 266 g/mol. The van der Waals surface area contributed by atoms with Crippen LogP contribution >= 0.6 is 0 Å². The summed E-state index contributed by atoms with van der Waals surface area (Å²) >= 11 is 0. The van der Waals surface area contributed by atoms with Crippen LogP contribution in [0.2, 0.25) is 0 Å². The second-order valence-corrected chi connectivity index (χ2v) is 4.84. The Morgan fingerprint density at radius 3 is 2.47 bits per heavy atom. The fourth-order valence-corrected chi connectivity index (χ4v) is 2.14. The molecule has 3 nitrogen and oxygen atoms in total. The number of rotatable bonds is 3. The minimum Gasteiger partial charge on any atom is -0.478 e. The van der Waals surface area contributed by atoms with E-state index < -0.39 is 28.7 Å². The van der Waals surface area contributed by atoms with E-state index in [0.717, 1.165) is 6.07 Å². The topological polar surface area (TPSA) is 54.4 Å². The smallest absolute Gasteiger partial charge is 0.400 e. The Bertz CT molecular complexity index is 468. The standard InChI is InChI=1S/C10H9F3O3S/c1-6-2-3-7(4-8(6)9(14)15)17(16)5-10(11,12)13/h2-4H,5H2,1H3,(H,14,15). The normalized spacial score (nSPS) is 13.4. The van der Waals surface area contributed by atoms with Crippen LogP contribution in [0.25, 0.3) is 0 Å². The lowest BCUT2D eigenvalue weighted by Gasteiger charge is -2.08. The van der Waals surface area contributed by atoms with E-state index in [1.807, 2.05) is 0 Å². The van der Waals surface area contributed by atoms with Crippen molar-refractivity contribution in [3.05, 3.63) is 29.3 Å². The van der Waals surface area contributed by atoms with Gasteiger partial charge in [0.2, 0.25) is 0 Å². The molecular weight excluding hydrogens is 257 g/mol. The van der Waals surface area contributed by atoms with Gasteiger partial charge in [-0.2, -0.15) is 13.2 Å². The van der Waals surface area contributed by atoms with Crippen molar-refractivity contribution in [3.63, 3.8) is 0 Å². The molecule has 0 amide bonds. The van der Waals surface area contributed by atoms with Gasteiger partial charge in [0.05, 0.1) is 16.4 Å². The highest BCUT2D eigenvalue weighted by molar-refractivity contribution is 7.85. The molecule has 1 unspecified atom stereocenters. The number of aryl methyl sites for hydroxylation is 1. The Morgan fingerprint density at radius 1 is 1.41 bits per heavy atom. The molecule has 1 aromatic carbocycles. The molecule has 1 N–H and O–H groups in total. The Kier molecular flexibility index (Phi) is 3.92. The Hall–Kier alpha value is -1.37. The van der Waals surface area contributed by atoms with Crippen LogP contribution in [0.3, 0.4) is 0 Å². The molecule has 0 aromatic heterocycles. The van der Waals surface area contributed by atoms with Crippen LogP contribution in [0.5, 0.6) is 0 Å². The molecule has 0 aliphatic rings. The molecule has 7 heteroatoms. The van der Waals surface area contributed by atoms with Crippen molar-refractivity contribution in [2.75, 3.05) is 5.75 Å². The van der Waals surface area contributed by atoms with Crippen LogP contribution in [-0.4, -0.2) is 27.2 Å². The molecule has 0 spiro atoms. The summed E-state index contributed by atoms with van der Waals surface area (Å²) in [5.41, 5.74) is 0.267. The zero-order valence-electron chi connectivity index (χ0n) is 8.75. The van der Waals surface area contributed by atoms with Gasteiger partial charge in [0.15, 0.2) is 0 Å². The van der Waals surface area contributed by atoms with Gasteiger partial charge in [-0.3, -0.25) is 4.21 Å². The molecule has 1 rings (SSSR count). The molecule has 0 fully saturated rings. The number of benzene rings is 1. The summed E-state index contributed by atoms with van der Waals surface area (Å²) in [5, 5.41) is 8.78. The van der Waals surface area contributed by atoms with Crippen molar-refractivity contribution in [3.8, 4) is 0 Å². The molecule has 0 bridgehead atoms. The molecule has 0 saturated carbocycles. The lowest BCUT2D eigenvalue weighted by molar-refractivity contribution is -0.105. The highest BCUT2D eigenvalue weighted by Crippen LogP contribution is 2.21. The van der Waals surface area contributed by atoms with Crippen molar-refractivity contribution in [2.45, 2.75) is 18.0 Å². The average Bonchev–Trinajstić information content (AvgIpc) is 2.14. The molecule has 0 radical (unpaired) electrons. The van der Waals surface area contributed by atoms with Crippen LogP contribution < -0.4 is 0 Å². The van der Waals surface area contributed by atoms with Crippen LogP contribution in [0, 0.1) is 6.92 Å². The van der Waals surface area contributed by atoms with Gasteiger partial charge in [0, 0.05) is 4.90 Å². The number of aromatic carboxylic acids is 1. The van der Waals surface area contributed by atoms with E-state index in [1.165, 1.54) is 19.1 Å². The Morgan fingerprint density at radius 2 is 2.00 bits per heavy atom. The number of halogens is 3. The summed E-state index contributed by atoms with van der Waals surface area (Å²) in [6.45, 7) is 1.51. The largest absolute Gasteiger partial charge is 0.478 e. The minimum absolute atomic E-state index is 0.134. The molecule has 1 atom stereocenters. The number of carbonyl (C=O) groups is 1. The number of hydrogen-bond acceptors (Lipinski definition) is 2. The molecule has 0 saturated heterocycles. The quantitative estimate of drug-likeness (QED) is 0.913. The molecule has 94 valence electrons. The lowest BCUT2D eigenvalue weighted by Crippen LogP contribution is -2.18. The second-order valence-electron chi connectivity index (χ2n) is 3.39. The zero-order valence-corrected chi connectivity index (χ0v) is 9.56. The second kappa shape index (κ2) is 4.87. The highest BCUT2D eigenvalue weighted by atomic mass is 32.2. The van der Waals surface area contributed by atoms with Crippen molar-refractivity contribution in [1.29, 1.82) is 0 Å². The summed E-state index contributed by atoms with van der Waals surface area (Å²) in [7, 11) is -2.28. The van der Waals surface area contributed by atoms with Gasteiger partial charge in [0.1, 0.15) is 5.75 Å². The van der Waals surface area contributed by atoms with Crippen LogP contribution in [0.4, 0.5) is 13.2 Å².